The van der Waals surface area contributed by atoms with Gasteiger partial charge in [0.1, 0.15) is 11.8 Å². The molecule has 0 unspecified atom stereocenters. The van der Waals surface area contributed by atoms with E-state index in [9.17, 15) is 14.4 Å². The Kier molecular flexibility index (Phi) is 6.54. The van der Waals surface area contributed by atoms with Crippen LogP contribution in [0.2, 0.25) is 0 Å². The Bertz CT molecular complexity index is 1210. The summed E-state index contributed by atoms with van der Waals surface area (Å²) in [5.74, 6) is -0.258. The minimum atomic E-state index is -0.789. The summed E-state index contributed by atoms with van der Waals surface area (Å²) in [5.41, 5.74) is 5.49. The second kappa shape index (κ2) is 9.29. The van der Waals surface area contributed by atoms with Gasteiger partial charge in [0, 0.05) is 14.1 Å². The van der Waals surface area contributed by atoms with Crippen molar-refractivity contribution in [3.05, 3.63) is 64.1 Å². The Morgan fingerprint density at radius 1 is 1.13 bits per heavy atom. The van der Waals surface area contributed by atoms with Crippen molar-refractivity contribution >= 4 is 29.1 Å². The van der Waals surface area contributed by atoms with E-state index in [-0.39, 0.29) is 12.3 Å². The molecule has 162 valence electrons. The normalized spacial score (nSPS) is 12.1. The van der Waals surface area contributed by atoms with E-state index >= 15 is 0 Å². The van der Waals surface area contributed by atoms with Crippen LogP contribution >= 0.6 is 0 Å². The molecule has 0 aliphatic carbocycles. The minimum absolute atomic E-state index is 0.117. The molecule has 0 bridgehead atoms. The van der Waals surface area contributed by atoms with Gasteiger partial charge in [0.2, 0.25) is 0 Å². The van der Waals surface area contributed by atoms with Gasteiger partial charge in [-0.2, -0.15) is 5.10 Å². The predicted molar refractivity (Wildman–Crippen MR) is 118 cm³/mol. The van der Waals surface area contributed by atoms with Crippen LogP contribution in [0.1, 0.15) is 18.1 Å². The second-order valence-corrected chi connectivity index (χ2v) is 7.23. The summed E-state index contributed by atoms with van der Waals surface area (Å²) in [5, 5.41) is 6.51. The summed E-state index contributed by atoms with van der Waals surface area (Å²) < 4.78 is 8.58. The lowest BCUT2D eigenvalue weighted by molar-refractivity contribution is -0.129. The Balaban J connectivity index is 1.52. The number of aryl methyl sites for hydroxylation is 3. The SMILES string of the molecule is Cc1ccccc1OCC(=O)N[C@H](C)C(=O)NN=Cc1ccc2c(c1)n(C)c(=O)n2C. The van der Waals surface area contributed by atoms with Gasteiger partial charge in [0.15, 0.2) is 6.61 Å². The number of amides is 2. The molecular weight excluding hydrogens is 398 g/mol. The molecule has 0 aliphatic rings. The van der Waals surface area contributed by atoms with Crippen LogP contribution in [-0.4, -0.2) is 39.8 Å². The highest BCUT2D eigenvalue weighted by atomic mass is 16.5. The molecule has 2 N–H and O–H groups in total. The number of hydrogen-bond acceptors (Lipinski definition) is 5. The topological polar surface area (TPSA) is 107 Å². The number of para-hydroxylation sites is 1. The van der Waals surface area contributed by atoms with Gasteiger partial charge >= 0.3 is 5.69 Å². The smallest absolute Gasteiger partial charge is 0.328 e. The van der Waals surface area contributed by atoms with Gasteiger partial charge in [-0.3, -0.25) is 18.7 Å². The zero-order valence-corrected chi connectivity index (χ0v) is 17.9. The van der Waals surface area contributed by atoms with E-state index in [1.54, 1.807) is 48.4 Å². The number of ether oxygens (including phenoxy) is 1. The van der Waals surface area contributed by atoms with E-state index in [1.807, 2.05) is 31.2 Å². The summed E-state index contributed by atoms with van der Waals surface area (Å²) in [6, 6.07) is 12.0. The third-order valence-corrected chi connectivity index (χ3v) is 4.91. The van der Waals surface area contributed by atoms with Crippen LogP contribution in [0.15, 0.2) is 52.4 Å². The fourth-order valence-corrected chi connectivity index (χ4v) is 3.08. The maximum atomic E-state index is 12.2. The van der Waals surface area contributed by atoms with Crippen molar-refractivity contribution in [3.8, 4) is 5.75 Å². The van der Waals surface area contributed by atoms with Crippen LogP contribution in [-0.2, 0) is 23.7 Å². The number of hydrogen-bond donors (Lipinski definition) is 2. The molecule has 0 aliphatic heterocycles. The van der Waals surface area contributed by atoms with E-state index in [2.05, 4.69) is 15.8 Å². The first-order chi connectivity index (χ1) is 14.8. The number of fused-ring (bicyclic) bond motifs is 1. The van der Waals surface area contributed by atoms with Crippen molar-refractivity contribution in [1.29, 1.82) is 0 Å². The lowest BCUT2D eigenvalue weighted by Crippen LogP contribution is -2.45. The highest BCUT2D eigenvalue weighted by molar-refractivity contribution is 5.90. The van der Waals surface area contributed by atoms with E-state index in [1.165, 1.54) is 6.21 Å². The highest BCUT2D eigenvalue weighted by Gasteiger charge is 2.15. The molecule has 2 amide bonds. The number of rotatable bonds is 7. The number of carbonyl (C=O) groups excluding carboxylic acids is 2. The molecule has 0 radical (unpaired) electrons. The molecule has 9 nitrogen and oxygen atoms in total. The van der Waals surface area contributed by atoms with Crippen molar-refractivity contribution in [2.24, 2.45) is 19.2 Å². The number of imidazole rings is 1. The minimum Gasteiger partial charge on any atom is -0.484 e. The highest BCUT2D eigenvalue weighted by Crippen LogP contribution is 2.15. The lowest BCUT2D eigenvalue weighted by atomic mass is 10.2. The molecule has 1 heterocycles. The third kappa shape index (κ3) is 5.00. The molecule has 0 fully saturated rings. The van der Waals surface area contributed by atoms with Crippen LogP contribution in [0, 0.1) is 6.92 Å². The van der Waals surface area contributed by atoms with E-state index in [4.69, 9.17) is 4.74 Å². The molecule has 0 spiro atoms. The largest absolute Gasteiger partial charge is 0.484 e. The second-order valence-electron chi connectivity index (χ2n) is 7.23. The molecule has 0 saturated heterocycles. The van der Waals surface area contributed by atoms with Crippen molar-refractivity contribution in [3.63, 3.8) is 0 Å². The average molecular weight is 423 g/mol. The van der Waals surface area contributed by atoms with Gasteiger partial charge in [-0.15, -0.1) is 0 Å². The summed E-state index contributed by atoms with van der Waals surface area (Å²) in [6.45, 7) is 3.25. The summed E-state index contributed by atoms with van der Waals surface area (Å²) >= 11 is 0. The number of nitrogens with one attached hydrogen (secondary N) is 2. The number of nitrogens with zero attached hydrogens (tertiary/aromatic N) is 3. The molecule has 1 atom stereocenters. The van der Waals surface area contributed by atoms with Gasteiger partial charge in [0.05, 0.1) is 17.2 Å². The average Bonchev–Trinajstić information content (AvgIpc) is 2.96. The van der Waals surface area contributed by atoms with Crippen molar-refractivity contribution < 1.29 is 14.3 Å². The fourth-order valence-electron chi connectivity index (χ4n) is 3.08. The number of hydrazone groups is 1. The summed E-state index contributed by atoms with van der Waals surface area (Å²) in [6.07, 6.45) is 1.48. The van der Waals surface area contributed by atoms with Crippen LogP contribution in [0.3, 0.4) is 0 Å². The van der Waals surface area contributed by atoms with E-state index in [0.717, 1.165) is 22.2 Å². The molecule has 9 heteroatoms. The zero-order valence-electron chi connectivity index (χ0n) is 17.9. The third-order valence-electron chi connectivity index (χ3n) is 4.91. The van der Waals surface area contributed by atoms with Crippen molar-refractivity contribution in [1.82, 2.24) is 19.9 Å². The number of carbonyl (C=O) groups is 2. The lowest BCUT2D eigenvalue weighted by Gasteiger charge is -2.13. The van der Waals surface area contributed by atoms with Gasteiger partial charge in [-0.05, 0) is 43.2 Å². The van der Waals surface area contributed by atoms with Crippen LogP contribution in [0.5, 0.6) is 5.75 Å². The Morgan fingerprint density at radius 2 is 1.84 bits per heavy atom. The molecular formula is C22H25N5O4. The van der Waals surface area contributed by atoms with Gasteiger partial charge < -0.3 is 10.1 Å². The maximum Gasteiger partial charge on any atom is 0.328 e. The van der Waals surface area contributed by atoms with Crippen molar-refractivity contribution in [2.45, 2.75) is 19.9 Å². The van der Waals surface area contributed by atoms with Gasteiger partial charge in [0.25, 0.3) is 11.8 Å². The first-order valence-electron chi connectivity index (χ1n) is 9.74. The molecule has 0 saturated carbocycles. The predicted octanol–water partition coefficient (Wildman–Crippen LogP) is 1.22. The first kappa shape index (κ1) is 21.8. The molecule has 3 aromatic rings. The quantitative estimate of drug-likeness (QED) is 0.440. The molecule has 1 aromatic heterocycles. The molecule has 2 aromatic carbocycles. The monoisotopic (exact) mass is 423 g/mol. The van der Waals surface area contributed by atoms with Crippen LogP contribution in [0.25, 0.3) is 11.0 Å². The van der Waals surface area contributed by atoms with Gasteiger partial charge in [-0.25, -0.2) is 10.2 Å². The number of aromatic nitrogens is 2. The summed E-state index contributed by atoms with van der Waals surface area (Å²) in [7, 11) is 3.40. The Labute approximate surface area is 179 Å². The van der Waals surface area contributed by atoms with E-state index < -0.39 is 17.9 Å². The zero-order chi connectivity index (χ0) is 22.5. The summed E-state index contributed by atoms with van der Waals surface area (Å²) in [4.78, 5) is 36.2. The van der Waals surface area contributed by atoms with Crippen molar-refractivity contribution in [2.75, 3.05) is 6.61 Å². The number of benzene rings is 2. The van der Waals surface area contributed by atoms with Crippen LogP contribution < -0.4 is 21.2 Å². The Hall–Kier alpha value is -3.88. The van der Waals surface area contributed by atoms with Crippen LogP contribution in [0.4, 0.5) is 0 Å². The maximum absolute atomic E-state index is 12.2. The fraction of sp³-hybridized carbons (Fsp3) is 0.273. The molecule has 31 heavy (non-hydrogen) atoms. The standard InChI is InChI=1S/C22H25N5O4/c1-14-7-5-6-8-19(14)31-13-20(28)24-15(2)21(29)25-23-12-16-9-10-17-18(11-16)27(4)22(30)26(17)3/h5-12,15H,13H2,1-4H3,(H,24,28)(H,25,29)/t15-/m1/s1. The first-order valence-corrected chi connectivity index (χ1v) is 9.74. The van der Waals surface area contributed by atoms with Gasteiger partial charge in [-0.1, -0.05) is 24.3 Å². The molecule has 3 rings (SSSR count). The van der Waals surface area contributed by atoms with E-state index in [0.29, 0.717) is 5.75 Å². The Morgan fingerprint density at radius 3 is 2.58 bits per heavy atom.